The van der Waals surface area contributed by atoms with Gasteiger partial charge in [0.05, 0.1) is 21.5 Å². The predicted octanol–water partition coefficient (Wildman–Crippen LogP) is 6.02. The molecule has 1 aromatic carbocycles. The fourth-order valence-electron chi connectivity index (χ4n) is 4.29. The van der Waals surface area contributed by atoms with Gasteiger partial charge in [-0.3, -0.25) is 4.79 Å². The van der Waals surface area contributed by atoms with Gasteiger partial charge in [-0.25, -0.2) is 14.4 Å². The molecule has 3 heterocycles. The van der Waals surface area contributed by atoms with E-state index >= 15 is 0 Å². The van der Waals surface area contributed by atoms with E-state index in [-0.39, 0.29) is 41.7 Å². The van der Waals surface area contributed by atoms with Gasteiger partial charge in [-0.15, -0.1) is 11.3 Å². The highest BCUT2D eigenvalue weighted by Crippen LogP contribution is 2.35. The fourth-order valence-corrected chi connectivity index (χ4v) is 5.21. The van der Waals surface area contributed by atoms with E-state index in [0.717, 1.165) is 18.9 Å². The smallest absolute Gasteiger partial charge is 0.367 e. The van der Waals surface area contributed by atoms with Crippen molar-refractivity contribution in [1.82, 2.24) is 14.9 Å². The lowest BCUT2D eigenvalue weighted by Gasteiger charge is -2.40. The number of halogens is 4. The number of nitrogens with zero attached hydrogens (tertiary/aromatic N) is 3. The molecule has 0 spiro atoms. The Morgan fingerprint density at radius 3 is 2.68 bits per heavy atom. The topological polar surface area (TPSA) is 58.1 Å². The van der Waals surface area contributed by atoms with Gasteiger partial charge in [0.2, 0.25) is 0 Å². The summed E-state index contributed by atoms with van der Waals surface area (Å²) in [6, 6.07) is 7.77. The van der Waals surface area contributed by atoms with Crippen LogP contribution < -0.4 is 5.32 Å². The van der Waals surface area contributed by atoms with Gasteiger partial charge in [-0.2, -0.15) is 13.2 Å². The summed E-state index contributed by atoms with van der Waals surface area (Å²) in [6.45, 7) is 4.39. The zero-order chi connectivity index (χ0) is 24.5. The first-order valence-electron chi connectivity index (χ1n) is 11.0. The Morgan fingerprint density at radius 2 is 1.97 bits per heavy atom. The molecule has 180 valence electrons. The highest BCUT2D eigenvalue weighted by Gasteiger charge is 2.37. The lowest BCUT2D eigenvalue weighted by Crippen LogP contribution is -2.51. The van der Waals surface area contributed by atoms with Crippen molar-refractivity contribution in [3.05, 3.63) is 64.7 Å². The van der Waals surface area contributed by atoms with Crippen LogP contribution in [0.25, 0.3) is 10.4 Å². The maximum atomic E-state index is 13.6. The minimum atomic E-state index is -4.54. The standard InChI is InChI=1S/C24H24F4N4OS/c1-14-5-4-12-32(19(14)13-30-22-18(24(26,27)28)6-3-11-29-22)23(33)20-21(34-15(2)31-20)16-7-9-17(25)10-8-16/h3,6-11,14,19H,4-5,12-13H2,1-2H3,(H,29,30)/t14-,19-/m0/s1. The molecule has 1 N–H and O–H groups in total. The molecule has 2 atom stereocenters. The average Bonchev–Trinajstić information content (AvgIpc) is 3.19. The SMILES string of the molecule is Cc1nc(C(=O)N2CCC[C@H](C)[C@@H]2CNc2ncccc2C(F)(F)F)c(-c2ccc(F)cc2)s1. The van der Waals surface area contributed by atoms with Gasteiger partial charge >= 0.3 is 6.18 Å². The van der Waals surface area contributed by atoms with Gasteiger partial charge in [-0.1, -0.05) is 19.1 Å². The number of pyridine rings is 1. The van der Waals surface area contributed by atoms with Crippen LogP contribution in [0.5, 0.6) is 0 Å². The van der Waals surface area contributed by atoms with Crippen LogP contribution in [-0.4, -0.2) is 39.9 Å². The summed E-state index contributed by atoms with van der Waals surface area (Å²) in [5.74, 6) is -0.838. The Labute approximate surface area is 198 Å². The number of carbonyl (C=O) groups is 1. The van der Waals surface area contributed by atoms with Crippen LogP contribution in [0.1, 0.15) is 40.8 Å². The summed E-state index contributed by atoms with van der Waals surface area (Å²) in [7, 11) is 0. The van der Waals surface area contributed by atoms with Crippen molar-refractivity contribution in [1.29, 1.82) is 0 Å². The van der Waals surface area contributed by atoms with Gasteiger partial charge in [-0.05, 0) is 55.5 Å². The number of alkyl halides is 3. The van der Waals surface area contributed by atoms with Crippen LogP contribution >= 0.6 is 11.3 Å². The van der Waals surface area contributed by atoms with E-state index in [1.54, 1.807) is 24.0 Å². The Morgan fingerprint density at radius 1 is 1.24 bits per heavy atom. The summed E-state index contributed by atoms with van der Waals surface area (Å²) in [4.78, 5) is 24.3. The summed E-state index contributed by atoms with van der Waals surface area (Å²) in [6.07, 6.45) is -1.59. The van der Waals surface area contributed by atoms with E-state index in [4.69, 9.17) is 0 Å². The molecule has 3 aromatic rings. The number of thiazole rings is 1. The number of hydrogen-bond acceptors (Lipinski definition) is 5. The number of carbonyl (C=O) groups excluding carboxylic acids is 1. The molecule has 1 aliphatic rings. The van der Waals surface area contributed by atoms with Gasteiger partial charge in [0.1, 0.15) is 17.3 Å². The molecule has 5 nitrogen and oxygen atoms in total. The molecular weight excluding hydrogens is 468 g/mol. The van der Waals surface area contributed by atoms with Crippen molar-refractivity contribution in [3.63, 3.8) is 0 Å². The van der Waals surface area contributed by atoms with E-state index in [1.165, 1.54) is 35.7 Å². The normalized spacial score (nSPS) is 18.7. The van der Waals surface area contributed by atoms with E-state index in [0.29, 0.717) is 22.0 Å². The van der Waals surface area contributed by atoms with Crippen LogP contribution in [0.2, 0.25) is 0 Å². The van der Waals surface area contributed by atoms with Crippen molar-refractivity contribution in [2.24, 2.45) is 5.92 Å². The van der Waals surface area contributed by atoms with Crippen LogP contribution in [0, 0.1) is 18.7 Å². The number of aryl methyl sites for hydroxylation is 1. The number of anilines is 1. The minimum absolute atomic E-state index is 0.0669. The monoisotopic (exact) mass is 492 g/mol. The molecule has 0 radical (unpaired) electrons. The van der Waals surface area contributed by atoms with E-state index in [2.05, 4.69) is 15.3 Å². The third-order valence-corrected chi connectivity index (χ3v) is 7.03. The second kappa shape index (κ2) is 9.69. The van der Waals surface area contributed by atoms with Crippen molar-refractivity contribution >= 4 is 23.1 Å². The number of nitrogens with one attached hydrogen (secondary N) is 1. The van der Waals surface area contributed by atoms with E-state index < -0.39 is 11.7 Å². The first kappa shape index (κ1) is 24.1. The van der Waals surface area contributed by atoms with Crippen LogP contribution in [0.3, 0.4) is 0 Å². The summed E-state index contributed by atoms with van der Waals surface area (Å²) in [5, 5.41) is 3.53. The van der Waals surface area contributed by atoms with Crippen LogP contribution in [0.15, 0.2) is 42.6 Å². The largest absolute Gasteiger partial charge is 0.419 e. The van der Waals surface area contributed by atoms with Crippen molar-refractivity contribution in [3.8, 4) is 10.4 Å². The molecule has 1 saturated heterocycles. The van der Waals surface area contributed by atoms with Crippen LogP contribution in [-0.2, 0) is 6.18 Å². The molecule has 10 heteroatoms. The molecule has 0 unspecified atom stereocenters. The van der Waals surface area contributed by atoms with E-state index in [9.17, 15) is 22.4 Å². The highest BCUT2D eigenvalue weighted by molar-refractivity contribution is 7.15. The second-order valence-corrected chi connectivity index (χ2v) is 9.58. The molecule has 0 bridgehead atoms. The number of benzene rings is 1. The Kier molecular flexibility index (Phi) is 6.88. The molecule has 0 aliphatic carbocycles. The molecular formula is C24H24F4N4OS. The summed E-state index contributed by atoms with van der Waals surface area (Å²) >= 11 is 1.35. The maximum absolute atomic E-state index is 13.6. The number of piperidine rings is 1. The fraction of sp³-hybridized carbons (Fsp3) is 0.375. The van der Waals surface area contributed by atoms with Gasteiger partial charge in [0.15, 0.2) is 0 Å². The number of amides is 1. The Balaban J connectivity index is 1.60. The van der Waals surface area contributed by atoms with Crippen molar-refractivity contribution in [2.45, 2.75) is 38.9 Å². The molecule has 34 heavy (non-hydrogen) atoms. The first-order valence-corrected chi connectivity index (χ1v) is 11.8. The first-order chi connectivity index (χ1) is 16.1. The molecule has 1 aliphatic heterocycles. The number of likely N-dealkylation sites (tertiary alicyclic amines) is 1. The third-order valence-electron chi connectivity index (χ3n) is 6.01. The van der Waals surface area contributed by atoms with E-state index in [1.807, 2.05) is 6.92 Å². The molecule has 1 fully saturated rings. The quantitative estimate of drug-likeness (QED) is 0.442. The molecule has 4 rings (SSSR count). The lowest BCUT2D eigenvalue weighted by molar-refractivity contribution is -0.137. The third kappa shape index (κ3) is 5.06. The van der Waals surface area contributed by atoms with Crippen molar-refractivity contribution in [2.75, 3.05) is 18.4 Å². The van der Waals surface area contributed by atoms with Gasteiger partial charge in [0, 0.05) is 19.3 Å². The Bertz CT molecular complexity index is 1160. The minimum Gasteiger partial charge on any atom is -0.367 e. The van der Waals surface area contributed by atoms with Crippen LogP contribution in [0.4, 0.5) is 23.4 Å². The highest BCUT2D eigenvalue weighted by atomic mass is 32.1. The summed E-state index contributed by atoms with van der Waals surface area (Å²) < 4.78 is 53.5. The second-order valence-electron chi connectivity index (χ2n) is 8.38. The molecule has 0 saturated carbocycles. The lowest BCUT2D eigenvalue weighted by atomic mass is 9.90. The molecule has 2 aromatic heterocycles. The summed E-state index contributed by atoms with van der Waals surface area (Å²) in [5.41, 5.74) is 0.130. The zero-order valence-corrected chi connectivity index (χ0v) is 19.5. The number of aromatic nitrogens is 2. The van der Waals surface area contributed by atoms with Crippen molar-refractivity contribution < 1.29 is 22.4 Å². The predicted molar refractivity (Wildman–Crippen MR) is 123 cm³/mol. The Hall–Kier alpha value is -3.01. The molecule has 1 amide bonds. The number of hydrogen-bond donors (Lipinski definition) is 1. The maximum Gasteiger partial charge on any atom is 0.419 e. The number of rotatable bonds is 5. The average molecular weight is 493 g/mol. The van der Waals surface area contributed by atoms with Gasteiger partial charge < -0.3 is 10.2 Å². The zero-order valence-electron chi connectivity index (χ0n) is 18.7. The van der Waals surface area contributed by atoms with Gasteiger partial charge in [0.25, 0.3) is 5.91 Å².